The summed E-state index contributed by atoms with van der Waals surface area (Å²) in [6.07, 6.45) is 1.99. The van der Waals surface area contributed by atoms with E-state index in [1.54, 1.807) is 0 Å². The lowest BCUT2D eigenvalue weighted by Crippen LogP contribution is -1.99. The molecule has 1 heterocycles. The predicted molar refractivity (Wildman–Crippen MR) is 75.9 cm³/mol. The zero-order valence-corrected chi connectivity index (χ0v) is 13.0. The largest absolute Gasteiger partial charge is 0.266 e. The summed E-state index contributed by atoms with van der Waals surface area (Å²) in [5.74, 6) is 0. The summed E-state index contributed by atoms with van der Waals surface area (Å²) in [7, 11) is 0. The second-order valence-electron chi connectivity index (χ2n) is 3.09. The molecule has 1 aromatic heterocycles. The van der Waals surface area contributed by atoms with E-state index in [4.69, 9.17) is 0 Å². The molecule has 0 N–H and O–H groups in total. The average molecular weight is 442 g/mol. The van der Waals surface area contributed by atoms with Crippen LogP contribution in [0.2, 0.25) is 0 Å². The lowest BCUT2D eigenvalue weighted by molar-refractivity contribution is 0.681. The molecule has 2 aromatic rings. The average Bonchev–Trinajstić information content (AvgIpc) is 2.50. The first-order chi connectivity index (χ1) is 7.15. The minimum Gasteiger partial charge on any atom is -0.266 e. The molecule has 0 bridgehead atoms. The molecule has 15 heavy (non-hydrogen) atoms. The molecule has 78 valence electrons. The van der Waals surface area contributed by atoms with Gasteiger partial charge in [0.1, 0.15) is 3.70 Å². The quantitative estimate of drug-likeness (QED) is 0.643. The Morgan fingerprint density at radius 3 is 2.40 bits per heavy atom. The molecule has 0 aliphatic carbocycles. The second-order valence-corrected chi connectivity index (χ2v) is 5.88. The van der Waals surface area contributed by atoms with Crippen molar-refractivity contribution in [3.8, 4) is 0 Å². The number of hydrogen-bond donors (Lipinski definition) is 0. The first kappa shape index (κ1) is 11.6. The lowest BCUT2D eigenvalue weighted by atomic mass is 10.2. The number of rotatable bonds is 2. The molecule has 0 saturated heterocycles. The van der Waals surface area contributed by atoms with Gasteiger partial charge in [0.15, 0.2) is 0 Å². The van der Waals surface area contributed by atoms with Crippen LogP contribution in [0.4, 0.5) is 0 Å². The molecule has 0 aliphatic heterocycles. The van der Waals surface area contributed by atoms with Crippen LogP contribution < -0.4 is 0 Å². The van der Waals surface area contributed by atoms with Crippen molar-refractivity contribution < 1.29 is 0 Å². The zero-order valence-electron chi connectivity index (χ0n) is 7.62. The fourth-order valence-corrected chi connectivity index (χ4v) is 2.23. The van der Waals surface area contributed by atoms with Gasteiger partial charge in [-0.05, 0) is 56.2 Å². The van der Waals surface area contributed by atoms with Gasteiger partial charge in [-0.2, -0.15) is 5.10 Å². The van der Waals surface area contributed by atoms with E-state index >= 15 is 0 Å². The van der Waals surface area contributed by atoms with E-state index < -0.39 is 0 Å². The van der Waals surface area contributed by atoms with Gasteiger partial charge in [-0.1, -0.05) is 28.1 Å². The highest BCUT2D eigenvalue weighted by molar-refractivity contribution is 14.1. The van der Waals surface area contributed by atoms with Gasteiger partial charge in [-0.25, -0.2) is 0 Å². The smallest absolute Gasteiger partial charge is 0.137 e. The number of halogens is 3. The van der Waals surface area contributed by atoms with Crippen LogP contribution in [-0.4, -0.2) is 9.78 Å². The van der Waals surface area contributed by atoms with Crippen LogP contribution in [0.15, 0.2) is 39.4 Å². The van der Waals surface area contributed by atoms with Crippen LogP contribution in [0.25, 0.3) is 0 Å². The normalized spacial score (nSPS) is 10.6. The van der Waals surface area contributed by atoms with Crippen molar-refractivity contribution in [1.82, 2.24) is 9.78 Å². The minimum absolute atomic E-state index is 0.800. The van der Waals surface area contributed by atoms with Gasteiger partial charge in [-0.3, -0.25) is 4.68 Å². The highest BCUT2D eigenvalue weighted by atomic mass is 127. The SMILES string of the molecule is Brc1ccc(Cn2cc(Br)c(I)n2)cc1. The maximum atomic E-state index is 4.37. The molecular weight excluding hydrogens is 435 g/mol. The standard InChI is InChI=1S/C10H7Br2IN2/c11-8-3-1-7(2-4-8)5-15-6-9(12)10(13)14-15/h1-4,6H,5H2. The van der Waals surface area contributed by atoms with Crippen molar-refractivity contribution in [1.29, 1.82) is 0 Å². The number of hydrogen-bond acceptors (Lipinski definition) is 1. The van der Waals surface area contributed by atoms with E-state index in [0.717, 1.165) is 19.2 Å². The van der Waals surface area contributed by atoms with E-state index in [-0.39, 0.29) is 0 Å². The van der Waals surface area contributed by atoms with Gasteiger partial charge in [0, 0.05) is 10.7 Å². The van der Waals surface area contributed by atoms with Gasteiger partial charge >= 0.3 is 0 Å². The fraction of sp³-hybridized carbons (Fsp3) is 0.100. The Balaban J connectivity index is 2.18. The van der Waals surface area contributed by atoms with Crippen LogP contribution in [0, 0.1) is 3.70 Å². The Morgan fingerprint density at radius 1 is 1.20 bits per heavy atom. The van der Waals surface area contributed by atoms with Gasteiger partial charge in [0.05, 0.1) is 11.0 Å². The monoisotopic (exact) mass is 440 g/mol. The van der Waals surface area contributed by atoms with E-state index in [1.807, 2.05) is 23.0 Å². The molecule has 0 radical (unpaired) electrons. The highest BCUT2D eigenvalue weighted by Gasteiger charge is 2.03. The third kappa shape index (κ3) is 3.04. The summed E-state index contributed by atoms with van der Waals surface area (Å²) >= 11 is 9.07. The lowest BCUT2D eigenvalue weighted by Gasteiger charge is -2.01. The minimum atomic E-state index is 0.800. The molecule has 5 heteroatoms. The Morgan fingerprint density at radius 2 is 1.87 bits per heavy atom. The van der Waals surface area contributed by atoms with Crippen molar-refractivity contribution in [2.45, 2.75) is 6.54 Å². The van der Waals surface area contributed by atoms with Gasteiger partial charge in [-0.15, -0.1) is 0 Å². The summed E-state index contributed by atoms with van der Waals surface area (Å²) in [6, 6.07) is 8.26. The third-order valence-corrected chi connectivity index (χ3v) is 4.58. The van der Waals surface area contributed by atoms with E-state index in [1.165, 1.54) is 5.56 Å². The Hall–Kier alpha value is 0.120. The molecule has 0 saturated carbocycles. The zero-order chi connectivity index (χ0) is 10.8. The Kier molecular flexibility index (Phi) is 3.84. The van der Waals surface area contributed by atoms with E-state index in [0.29, 0.717) is 0 Å². The van der Waals surface area contributed by atoms with Crippen molar-refractivity contribution >= 4 is 54.5 Å². The van der Waals surface area contributed by atoms with Gasteiger partial charge in [0.25, 0.3) is 0 Å². The molecule has 0 atom stereocenters. The molecule has 2 rings (SSSR count). The maximum Gasteiger partial charge on any atom is 0.137 e. The van der Waals surface area contributed by atoms with Crippen LogP contribution in [-0.2, 0) is 6.54 Å². The molecule has 0 fully saturated rings. The van der Waals surface area contributed by atoms with E-state index in [9.17, 15) is 0 Å². The number of aromatic nitrogens is 2. The first-order valence-electron chi connectivity index (χ1n) is 4.28. The first-order valence-corrected chi connectivity index (χ1v) is 6.94. The molecule has 0 aliphatic rings. The molecule has 2 nitrogen and oxygen atoms in total. The fourth-order valence-electron chi connectivity index (χ4n) is 1.23. The van der Waals surface area contributed by atoms with Crippen LogP contribution in [0.5, 0.6) is 0 Å². The van der Waals surface area contributed by atoms with Crippen molar-refractivity contribution in [3.63, 3.8) is 0 Å². The summed E-state index contributed by atoms with van der Waals surface area (Å²) < 4.78 is 5.06. The summed E-state index contributed by atoms with van der Waals surface area (Å²) in [4.78, 5) is 0. The molecule has 0 unspecified atom stereocenters. The predicted octanol–water partition coefficient (Wildman–Crippen LogP) is 4.06. The summed E-state index contributed by atoms with van der Waals surface area (Å²) in [5.41, 5.74) is 1.24. The third-order valence-electron chi connectivity index (χ3n) is 1.93. The summed E-state index contributed by atoms with van der Waals surface area (Å²) in [5, 5.41) is 4.37. The van der Waals surface area contributed by atoms with Gasteiger partial charge < -0.3 is 0 Å². The van der Waals surface area contributed by atoms with Crippen LogP contribution >= 0.6 is 54.5 Å². The number of nitrogens with zero attached hydrogens (tertiary/aromatic N) is 2. The van der Waals surface area contributed by atoms with Crippen molar-refractivity contribution in [3.05, 3.63) is 48.7 Å². The number of benzene rings is 1. The summed E-state index contributed by atoms with van der Waals surface area (Å²) in [6.45, 7) is 0.800. The van der Waals surface area contributed by atoms with Gasteiger partial charge in [0.2, 0.25) is 0 Å². The van der Waals surface area contributed by atoms with Crippen LogP contribution in [0.1, 0.15) is 5.56 Å². The molecular formula is C10H7Br2IN2. The second kappa shape index (κ2) is 4.97. The topological polar surface area (TPSA) is 17.8 Å². The molecule has 1 aromatic carbocycles. The Bertz CT molecular complexity index is 445. The van der Waals surface area contributed by atoms with Crippen LogP contribution in [0.3, 0.4) is 0 Å². The van der Waals surface area contributed by atoms with Crippen molar-refractivity contribution in [2.24, 2.45) is 0 Å². The highest BCUT2D eigenvalue weighted by Crippen LogP contribution is 2.18. The molecule has 0 spiro atoms. The Labute approximate surface area is 118 Å². The molecule has 0 amide bonds. The maximum absolute atomic E-state index is 4.37. The van der Waals surface area contributed by atoms with E-state index in [2.05, 4.69) is 71.7 Å². The van der Waals surface area contributed by atoms with Crippen molar-refractivity contribution in [2.75, 3.05) is 0 Å².